The third kappa shape index (κ3) is 6.13. The summed E-state index contributed by atoms with van der Waals surface area (Å²) in [5, 5.41) is 15.7. The summed E-state index contributed by atoms with van der Waals surface area (Å²) in [5.41, 5.74) is 2.87. The molecule has 0 aliphatic carbocycles. The Morgan fingerprint density at radius 1 is 1.09 bits per heavy atom. The molecule has 1 unspecified atom stereocenters. The molecule has 0 bridgehead atoms. The zero-order valence-electron chi connectivity index (χ0n) is 18.9. The van der Waals surface area contributed by atoms with Gasteiger partial charge in [0.1, 0.15) is 0 Å². The SMILES string of the molecule is CN=C(NCc1ccc(C#N)cc1)NCC(c1ccc(OC)c(OC)c1)N1CCOCC1. The second-order valence-corrected chi connectivity index (χ2v) is 7.39. The van der Waals surface area contributed by atoms with Crippen molar-refractivity contribution >= 4 is 5.96 Å². The maximum atomic E-state index is 8.95. The lowest BCUT2D eigenvalue weighted by Crippen LogP contribution is -2.46. The fraction of sp³-hybridized carbons (Fsp3) is 0.417. The Kier molecular flexibility index (Phi) is 8.72. The number of aliphatic imine (C=N–C) groups is 1. The fourth-order valence-electron chi connectivity index (χ4n) is 3.70. The molecule has 1 aliphatic rings. The quantitative estimate of drug-likeness (QED) is 0.484. The van der Waals surface area contributed by atoms with Crippen molar-refractivity contribution in [3.63, 3.8) is 0 Å². The van der Waals surface area contributed by atoms with Crippen LogP contribution in [0.4, 0.5) is 0 Å². The molecule has 2 N–H and O–H groups in total. The van der Waals surface area contributed by atoms with Crippen LogP contribution in [-0.4, -0.2) is 65.0 Å². The van der Waals surface area contributed by atoms with E-state index in [2.05, 4.69) is 32.7 Å². The maximum absolute atomic E-state index is 8.95. The topological polar surface area (TPSA) is 91.1 Å². The molecular weight excluding hydrogens is 406 g/mol. The molecule has 0 saturated carbocycles. The Bertz CT molecular complexity index is 934. The van der Waals surface area contributed by atoms with Gasteiger partial charge in [-0.15, -0.1) is 0 Å². The number of hydrogen-bond acceptors (Lipinski definition) is 6. The van der Waals surface area contributed by atoms with Gasteiger partial charge in [-0.05, 0) is 35.4 Å². The standard InChI is InChI=1S/C24H31N5O3/c1-26-24(27-16-19-6-4-18(15-25)5-7-19)28-17-21(29-10-12-32-13-11-29)20-8-9-22(30-2)23(14-20)31-3/h4-9,14,21H,10-13,16-17H2,1-3H3,(H2,26,27,28). The van der Waals surface area contributed by atoms with E-state index in [4.69, 9.17) is 19.5 Å². The van der Waals surface area contributed by atoms with Crippen molar-refractivity contribution in [3.8, 4) is 17.6 Å². The first-order valence-electron chi connectivity index (χ1n) is 10.7. The third-order valence-electron chi connectivity index (χ3n) is 5.51. The number of rotatable bonds is 8. The zero-order chi connectivity index (χ0) is 22.8. The molecule has 1 aliphatic heterocycles. The van der Waals surface area contributed by atoms with E-state index < -0.39 is 0 Å². The highest BCUT2D eigenvalue weighted by Crippen LogP contribution is 2.32. The summed E-state index contributed by atoms with van der Waals surface area (Å²) in [7, 11) is 5.05. The van der Waals surface area contributed by atoms with E-state index in [0.717, 1.165) is 37.4 Å². The van der Waals surface area contributed by atoms with Gasteiger partial charge in [0.15, 0.2) is 17.5 Å². The molecule has 32 heavy (non-hydrogen) atoms. The summed E-state index contributed by atoms with van der Waals surface area (Å²) >= 11 is 0. The summed E-state index contributed by atoms with van der Waals surface area (Å²) < 4.78 is 16.5. The lowest BCUT2D eigenvalue weighted by Gasteiger charge is -2.35. The van der Waals surface area contributed by atoms with Gasteiger partial charge in [-0.3, -0.25) is 9.89 Å². The summed E-state index contributed by atoms with van der Waals surface area (Å²) in [6, 6.07) is 15.8. The fourth-order valence-corrected chi connectivity index (χ4v) is 3.70. The Balaban J connectivity index is 1.69. The Morgan fingerprint density at radius 2 is 1.81 bits per heavy atom. The van der Waals surface area contributed by atoms with Crippen LogP contribution in [0, 0.1) is 11.3 Å². The van der Waals surface area contributed by atoms with Crippen molar-refractivity contribution in [2.75, 3.05) is 54.1 Å². The highest BCUT2D eigenvalue weighted by atomic mass is 16.5. The van der Waals surface area contributed by atoms with Crippen LogP contribution in [0.1, 0.15) is 22.7 Å². The van der Waals surface area contributed by atoms with E-state index in [1.54, 1.807) is 21.3 Å². The molecule has 0 radical (unpaired) electrons. The Labute approximate surface area is 189 Å². The molecule has 1 fully saturated rings. The molecule has 3 rings (SSSR count). The largest absolute Gasteiger partial charge is 0.493 e. The molecule has 1 saturated heterocycles. The van der Waals surface area contributed by atoms with E-state index >= 15 is 0 Å². The second kappa shape index (κ2) is 11.9. The van der Waals surface area contributed by atoms with Crippen molar-refractivity contribution in [2.45, 2.75) is 12.6 Å². The first-order chi connectivity index (χ1) is 15.7. The van der Waals surface area contributed by atoms with Crippen LogP contribution in [0.25, 0.3) is 0 Å². The second-order valence-electron chi connectivity index (χ2n) is 7.39. The van der Waals surface area contributed by atoms with E-state index in [1.807, 2.05) is 36.4 Å². The van der Waals surface area contributed by atoms with Crippen LogP contribution < -0.4 is 20.1 Å². The molecule has 8 heteroatoms. The highest BCUT2D eigenvalue weighted by molar-refractivity contribution is 5.79. The molecule has 1 heterocycles. The Morgan fingerprint density at radius 3 is 2.44 bits per heavy atom. The predicted octanol–water partition coefficient (Wildman–Crippen LogP) is 2.31. The minimum absolute atomic E-state index is 0.118. The number of methoxy groups -OCH3 is 2. The average Bonchev–Trinajstić information content (AvgIpc) is 2.86. The number of ether oxygens (including phenoxy) is 3. The van der Waals surface area contributed by atoms with Crippen molar-refractivity contribution in [1.82, 2.24) is 15.5 Å². The van der Waals surface area contributed by atoms with Gasteiger partial charge < -0.3 is 24.8 Å². The van der Waals surface area contributed by atoms with Crippen LogP contribution >= 0.6 is 0 Å². The summed E-state index contributed by atoms with van der Waals surface area (Å²) in [6.07, 6.45) is 0. The zero-order valence-corrected chi connectivity index (χ0v) is 18.9. The van der Waals surface area contributed by atoms with Crippen molar-refractivity contribution in [1.29, 1.82) is 5.26 Å². The smallest absolute Gasteiger partial charge is 0.191 e. The molecule has 0 spiro atoms. The number of nitriles is 1. The monoisotopic (exact) mass is 437 g/mol. The number of nitrogens with one attached hydrogen (secondary N) is 2. The molecule has 8 nitrogen and oxygen atoms in total. The van der Waals surface area contributed by atoms with Gasteiger partial charge in [0.25, 0.3) is 0 Å². The van der Waals surface area contributed by atoms with Crippen LogP contribution in [-0.2, 0) is 11.3 Å². The lowest BCUT2D eigenvalue weighted by atomic mass is 10.0. The number of guanidine groups is 1. The lowest BCUT2D eigenvalue weighted by molar-refractivity contribution is 0.0169. The highest BCUT2D eigenvalue weighted by Gasteiger charge is 2.24. The number of nitrogens with zero attached hydrogens (tertiary/aromatic N) is 3. The minimum Gasteiger partial charge on any atom is -0.493 e. The predicted molar refractivity (Wildman–Crippen MR) is 124 cm³/mol. The van der Waals surface area contributed by atoms with Gasteiger partial charge in [-0.2, -0.15) is 5.26 Å². The summed E-state index contributed by atoms with van der Waals surface area (Å²) in [5.74, 6) is 2.14. The van der Waals surface area contributed by atoms with Gasteiger partial charge in [-0.25, -0.2) is 0 Å². The van der Waals surface area contributed by atoms with E-state index in [9.17, 15) is 0 Å². The van der Waals surface area contributed by atoms with Crippen LogP contribution in [0.3, 0.4) is 0 Å². The number of benzene rings is 2. The van der Waals surface area contributed by atoms with Gasteiger partial charge in [0, 0.05) is 33.2 Å². The van der Waals surface area contributed by atoms with E-state index in [-0.39, 0.29) is 6.04 Å². The molecule has 1 atom stereocenters. The number of morpholine rings is 1. The Hall–Kier alpha value is -3.28. The normalized spacial score (nSPS) is 15.5. The molecule has 0 aromatic heterocycles. The van der Waals surface area contributed by atoms with Crippen LogP contribution in [0.5, 0.6) is 11.5 Å². The third-order valence-corrected chi connectivity index (χ3v) is 5.51. The molecule has 0 amide bonds. The maximum Gasteiger partial charge on any atom is 0.191 e. The molecule has 170 valence electrons. The number of hydrogen-bond donors (Lipinski definition) is 2. The van der Waals surface area contributed by atoms with Gasteiger partial charge >= 0.3 is 0 Å². The van der Waals surface area contributed by atoms with E-state index in [1.165, 1.54) is 0 Å². The van der Waals surface area contributed by atoms with Crippen molar-refractivity contribution in [3.05, 3.63) is 59.2 Å². The average molecular weight is 438 g/mol. The van der Waals surface area contributed by atoms with Gasteiger partial charge in [0.2, 0.25) is 0 Å². The summed E-state index contributed by atoms with van der Waals surface area (Å²) in [4.78, 5) is 6.77. The van der Waals surface area contributed by atoms with Gasteiger partial charge in [0.05, 0.1) is 45.1 Å². The first kappa shape index (κ1) is 23.4. The van der Waals surface area contributed by atoms with E-state index in [0.29, 0.717) is 36.1 Å². The van der Waals surface area contributed by atoms with Crippen molar-refractivity contribution in [2.24, 2.45) is 4.99 Å². The molecular formula is C24H31N5O3. The molecule has 2 aromatic rings. The minimum atomic E-state index is 0.118. The molecule has 2 aromatic carbocycles. The first-order valence-corrected chi connectivity index (χ1v) is 10.7. The van der Waals surface area contributed by atoms with Crippen LogP contribution in [0.2, 0.25) is 0 Å². The van der Waals surface area contributed by atoms with Crippen molar-refractivity contribution < 1.29 is 14.2 Å². The van der Waals surface area contributed by atoms with Gasteiger partial charge in [-0.1, -0.05) is 18.2 Å². The van der Waals surface area contributed by atoms with Crippen LogP contribution in [0.15, 0.2) is 47.5 Å². The summed E-state index contributed by atoms with van der Waals surface area (Å²) in [6.45, 7) is 4.44.